The van der Waals surface area contributed by atoms with Gasteiger partial charge in [-0.1, -0.05) is 22.0 Å². The third-order valence-electron chi connectivity index (χ3n) is 2.62. The summed E-state index contributed by atoms with van der Waals surface area (Å²) in [5, 5.41) is 4.11. The molecule has 2 N–H and O–H groups in total. The Morgan fingerprint density at radius 2 is 2.28 bits per heavy atom. The van der Waals surface area contributed by atoms with Gasteiger partial charge in [-0.15, -0.1) is 0 Å². The van der Waals surface area contributed by atoms with Gasteiger partial charge in [-0.25, -0.2) is 0 Å². The van der Waals surface area contributed by atoms with Gasteiger partial charge in [0.05, 0.1) is 6.20 Å². The Kier molecular flexibility index (Phi) is 4.04. The zero-order chi connectivity index (χ0) is 13.1. The molecule has 96 valence electrons. The van der Waals surface area contributed by atoms with Gasteiger partial charge in [-0.2, -0.15) is 5.10 Å². The molecule has 0 fully saturated rings. The molecule has 5 heteroatoms. The zero-order valence-corrected chi connectivity index (χ0v) is 12.0. The standard InChI is InChI=1S/C13H16BrN3O/c1-9(15)12-4-3-11(14)5-13(12)18-8-10-6-16-17(2)7-10/h3-7,9H,8,15H2,1-2H3/t9-/m1/s1. The van der Waals surface area contributed by atoms with Gasteiger partial charge in [0.15, 0.2) is 0 Å². The molecule has 0 aliphatic carbocycles. The molecule has 0 aliphatic heterocycles. The van der Waals surface area contributed by atoms with Gasteiger partial charge >= 0.3 is 0 Å². The van der Waals surface area contributed by atoms with Crippen LogP contribution in [0.4, 0.5) is 0 Å². The van der Waals surface area contributed by atoms with E-state index in [1.165, 1.54) is 0 Å². The van der Waals surface area contributed by atoms with E-state index in [0.717, 1.165) is 21.3 Å². The molecule has 1 heterocycles. The highest BCUT2D eigenvalue weighted by molar-refractivity contribution is 9.10. The molecule has 0 spiro atoms. The van der Waals surface area contributed by atoms with Crippen molar-refractivity contribution < 1.29 is 4.74 Å². The monoisotopic (exact) mass is 309 g/mol. The van der Waals surface area contributed by atoms with E-state index < -0.39 is 0 Å². The topological polar surface area (TPSA) is 53.1 Å². The molecular weight excluding hydrogens is 294 g/mol. The van der Waals surface area contributed by atoms with Crippen molar-refractivity contribution in [2.24, 2.45) is 12.8 Å². The van der Waals surface area contributed by atoms with Crippen LogP contribution in [-0.2, 0) is 13.7 Å². The number of ether oxygens (including phenoxy) is 1. The molecule has 1 aromatic heterocycles. The lowest BCUT2D eigenvalue weighted by atomic mass is 10.1. The van der Waals surface area contributed by atoms with Gasteiger partial charge in [0.25, 0.3) is 0 Å². The number of rotatable bonds is 4. The Morgan fingerprint density at radius 3 is 2.89 bits per heavy atom. The van der Waals surface area contributed by atoms with Crippen LogP contribution in [0, 0.1) is 0 Å². The molecule has 0 amide bonds. The fraction of sp³-hybridized carbons (Fsp3) is 0.308. The Morgan fingerprint density at radius 1 is 1.50 bits per heavy atom. The second-order valence-electron chi connectivity index (χ2n) is 4.28. The van der Waals surface area contributed by atoms with Gasteiger partial charge in [0.1, 0.15) is 12.4 Å². The van der Waals surface area contributed by atoms with E-state index in [2.05, 4.69) is 21.0 Å². The SMILES string of the molecule is C[C@@H](N)c1ccc(Br)cc1OCc1cnn(C)c1. The first kappa shape index (κ1) is 13.1. The first-order valence-electron chi connectivity index (χ1n) is 5.71. The minimum atomic E-state index is -0.0537. The van der Waals surface area contributed by atoms with Crippen LogP contribution in [-0.4, -0.2) is 9.78 Å². The predicted molar refractivity (Wildman–Crippen MR) is 74.3 cm³/mol. The Labute approximate surface area is 115 Å². The van der Waals surface area contributed by atoms with Crippen molar-refractivity contribution in [3.05, 3.63) is 46.2 Å². The number of aryl methyl sites for hydroxylation is 1. The molecule has 18 heavy (non-hydrogen) atoms. The van der Waals surface area contributed by atoms with Crippen LogP contribution >= 0.6 is 15.9 Å². The molecule has 0 saturated carbocycles. The van der Waals surface area contributed by atoms with Crippen molar-refractivity contribution in [3.63, 3.8) is 0 Å². The number of hydrogen-bond donors (Lipinski definition) is 1. The normalized spacial score (nSPS) is 12.4. The first-order chi connectivity index (χ1) is 8.56. The predicted octanol–water partition coefficient (Wildman–Crippen LogP) is 2.78. The van der Waals surface area contributed by atoms with Crippen molar-refractivity contribution in [2.45, 2.75) is 19.6 Å². The second-order valence-corrected chi connectivity index (χ2v) is 5.20. The molecule has 0 aliphatic rings. The summed E-state index contributed by atoms with van der Waals surface area (Å²) in [6.45, 7) is 2.43. The molecule has 2 rings (SSSR count). The van der Waals surface area contributed by atoms with Crippen molar-refractivity contribution >= 4 is 15.9 Å². The maximum Gasteiger partial charge on any atom is 0.125 e. The summed E-state index contributed by atoms with van der Waals surface area (Å²) in [6, 6.07) is 5.83. The summed E-state index contributed by atoms with van der Waals surface area (Å²) in [6.07, 6.45) is 3.73. The molecule has 1 aromatic carbocycles. The van der Waals surface area contributed by atoms with E-state index in [1.54, 1.807) is 10.9 Å². The number of hydrogen-bond acceptors (Lipinski definition) is 3. The molecule has 0 bridgehead atoms. The molecule has 4 nitrogen and oxygen atoms in total. The molecule has 0 saturated heterocycles. The third-order valence-corrected chi connectivity index (χ3v) is 3.11. The van der Waals surface area contributed by atoms with E-state index in [1.807, 2.05) is 38.4 Å². The molecule has 2 aromatic rings. The van der Waals surface area contributed by atoms with Gasteiger partial charge in [-0.3, -0.25) is 4.68 Å². The van der Waals surface area contributed by atoms with Crippen molar-refractivity contribution in [3.8, 4) is 5.75 Å². The van der Waals surface area contributed by atoms with Crippen molar-refractivity contribution in [1.29, 1.82) is 0 Å². The lowest BCUT2D eigenvalue weighted by molar-refractivity contribution is 0.301. The molecule has 0 unspecified atom stereocenters. The third kappa shape index (κ3) is 3.11. The highest BCUT2D eigenvalue weighted by atomic mass is 79.9. The average molecular weight is 310 g/mol. The first-order valence-corrected chi connectivity index (χ1v) is 6.51. The Balaban J connectivity index is 2.15. The molecule has 0 radical (unpaired) electrons. The average Bonchev–Trinajstić information content (AvgIpc) is 2.72. The van der Waals surface area contributed by atoms with Gasteiger partial charge in [0, 0.05) is 34.9 Å². The van der Waals surface area contributed by atoms with Crippen molar-refractivity contribution in [1.82, 2.24) is 9.78 Å². The van der Waals surface area contributed by atoms with Crippen LogP contribution in [0.25, 0.3) is 0 Å². The lowest BCUT2D eigenvalue weighted by Gasteiger charge is -2.13. The summed E-state index contributed by atoms with van der Waals surface area (Å²) in [5.41, 5.74) is 7.96. The van der Waals surface area contributed by atoms with E-state index in [9.17, 15) is 0 Å². The quantitative estimate of drug-likeness (QED) is 0.945. The van der Waals surface area contributed by atoms with Crippen LogP contribution < -0.4 is 10.5 Å². The fourth-order valence-corrected chi connectivity index (χ4v) is 2.06. The molecular formula is C13H16BrN3O. The van der Waals surface area contributed by atoms with E-state index in [0.29, 0.717) is 6.61 Å². The molecule has 1 atom stereocenters. The van der Waals surface area contributed by atoms with Crippen LogP contribution in [0.3, 0.4) is 0 Å². The Bertz CT molecular complexity index is 537. The fourth-order valence-electron chi connectivity index (χ4n) is 1.72. The number of nitrogens with two attached hydrogens (primary N) is 1. The summed E-state index contributed by atoms with van der Waals surface area (Å²) in [4.78, 5) is 0. The number of nitrogens with zero attached hydrogens (tertiary/aromatic N) is 2. The van der Waals surface area contributed by atoms with Gasteiger partial charge < -0.3 is 10.5 Å². The number of halogens is 1. The van der Waals surface area contributed by atoms with Crippen LogP contribution in [0.2, 0.25) is 0 Å². The van der Waals surface area contributed by atoms with Crippen LogP contribution in [0.1, 0.15) is 24.1 Å². The maximum atomic E-state index is 5.93. The minimum Gasteiger partial charge on any atom is -0.488 e. The maximum absolute atomic E-state index is 5.93. The van der Waals surface area contributed by atoms with Crippen LogP contribution in [0.5, 0.6) is 5.75 Å². The number of benzene rings is 1. The highest BCUT2D eigenvalue weighted by Crippen LogP contribution is 2.28. The summed E-state index contributed by atoms with van der Waals surface area (Å²) in [7, 11) is 1.88. The summed E-state index contributed by atoms with van der Waals surface area (Å²) in [5.74, 6) is 0.809. The van der Waals surface area contributed by atoms with Crippen LogP contribution in [0.15, 0.2) is 35.1 Å². The Hall–Kier alpha value is -1.33. The second kappa shape index (κ2) is 5.54. The summed E-state index contributed by atoms with van der Waals surface area (Å²) < 4.78 is 8.55. The zero-order valence-electron chi connectivity index (χ0n) is 10.4. The largest absolute Gasteiger partial charge is 0.488 e. The van der Waals surface area contributed by atoms with Gasteiger partial charge in [0.2, 0.25) is 0 Å². The van der Waals surface area contributed by atoms with E-state index in [4.69, 9.17) is 10.5 Å². The van der Waals surface area contributed by atoms with Crippen molar-refractivity contribution in [2.75, 3.05) is 0 Å². The smallest absolute Gasteiger partial charge is 0.125 e. The summed E-state index contributed by atoms with van der Waals surface area (Å²) >= 11 is 3.44. The highest BCUT2D eigenvalue weighted by Gasteiger charge is 2.09. The van der Waals surface area contributed by atoms with E-state index in [-0.39, 0.29) is 6.04 Å². The minimum absolute atomic E-state index is 0.0537. The number of aromatic nitrogens is 2. The lowest BCUT2D eigenvalue weighted by Crippen LogP contribution is -2.08. The van der Waals surface area contributed by atoms with E-state index >= 15 is 0 Å². The van der Waals surface area contributed by atoms with Gasteiger partial charge in [-0.05, 0) is 19.1 Å².